The van der Waals surface area contributed by atoms with E-state index in [0.717, 1.165) is 54.9 Å². The van der Waals surface area contributed by atoms with E-state index in [9.17, 15) is 15.0 Å². The van der Waals surface area contributed by atoms with Gasteiger partial charge in [0.25, 0.3) is 0 Å². The summed E-state index contributed by atoms with van der Waals surface area (Å²) in [6.45, 7) is 26.0. The third-order valence-electron chi connectivity index (χ3n) is 20.8. The molecule has 1 aromatic carbocycles. The molecule has 0 spiro atoms. The number of benzene rings is 1. The fraction of sp³-hybridized carbons (Fsp3) is 0.791. The number of nitrogens with two attached hydrogens (primary N) is 1. The molecule has 0 bridgehead atoms. The van der Waals surface area contributed by atoms with E-state index in [4.69, 9.17) is 38.9 Å². The number of esters is 1. The number of pyridine rings is 1. The molecule has 89 heavy (non-hydrogen) atoms. The first-order valence-electron chi connectivity index (χ1n) is 32.7. The molecule has 2 aromatic rings. The summed E-state index contributed by atoms with van der Waals surface area (Å²) in [5, 5.41) is 35.2. The lowest BCUT2D eigenvalue weighted by Crippen LogP contribution is -2.61. The molecule has 20 nitrogen and oxygen atoms in total. The summed E-state index contributed by atoms with van der Waals surface area (Å²) in [5.74, 6) is -4.72. The number of aliphatic hydroxyl groups excluding tert-OH is 2. The second kappa shape index (κ2) is 31.6. The van der Waals surface area contributed by atoms with Gasteiger partial charge in [-0.3, -0.25) is 24.5 Å². The second-order valence-corrected chi connectivity index (χ2v) is 29.0. The van der Waals surface area contributed by atoms with Gasteiger partial charge in [-0.1, -0.05) is 90.4 Å². The number of cyclic esters (lactones) is 1. The number of ether oxygens (including phenoxy) is 7. The first-order valence-corrected chi connectivity index (χ1v) is 33.9. The second-order valence-electron chi connectivity index (χ2n) is 27.9. The zero-order chi connectivity index (χ0) is 65.4. The van der Waals surface area contributed by atoms with E-state index in [1.807, 2.05) is 148 Å². The number of rotatable bonds is 24. The van der Waals surface area contributed by atoms with Crippen molar-refractivity contribution in [2.45, 2.75) is 222 Å². The predicted octanol–water partition coefficient (Wildman–Crippen LogP) is 9.78. The monoisotopic (exact) mass is 1360 g/mol. The average Bonchev–Trinajstić information content (AvgIpc) is 2.45. The fourth-order valence-electron chi connectivity index (χ4n) is 15.5. The van der Waals surface area contributed by atoms with Gasteiger partial charge in [0.05, 0.1) is 54.1 Å². The van der Waals surface area contributed by atoms with Gasteiger partial charge in [0, 0.05) is 75.8 Å². The number of amides is 1. The molecule has 4 fully saturated rings. The van der Waals surface area contributed by atoms with Crippen molar-refractivity contribution in [2.75, 3.05) is 74.3 Å². The Bertz CT molecular complexity index is 2630. The van der Waals surface area contributed by atoms with Gasteiger partial charge in [-0.15, -0.1) is 0 Å². The highest BCUT2D eigenvalue weighted by atomic mass is 127. The Morgan fingerprint density at radius 3 is 2.26 bits per heavy atom. The Balaban J connectivity index is 1.15. The highest BCUT2D eigenvalue weighted by Gasteiger charge is 2.61. The molecule has 1 amide bonds. The van der Waals surface area contributed by atoms with Crippen molar-refractivity contribution in [3.8, 4) is 11.1 Å². The largest absolute Gasteiger partial charge is 0.447 e. The molecule has 5 aliphatic heterocycles. The molecule has 22 heteroatoms. The van der Waals surface area contributed by atoms with Gasteiger partial charge in [-0.2, -0.15) is 5.11 Å². The maximum absolute atomic E-state index is 15.4. The van der Waals surface area contributed by atoms with Crippen LogP contribution in [0.25, 0.3) is 11.1 Å². The molecular weight excluding hydrogens is 1250 g/mol. The lowest BCUT2D eigenvalue weighted by atomic mass is 9.66. The third-order valence-corrected chi connectivity index (χ3v) is 22.3. The first-order chi connectivity index (χ1) is 42.0. The Hall–Kier alpha value is -3.56. The molecule has 21 atom stereocenters. The van der Waals surface area contributed by atoms with Crippen LogP contribution in [0.5, 0.6) is 0 Å². The zero-order valence-electron chi connectivity index (χ0n) is 56.1. The van der Waals surface area contributed by atoms with Crippen molar-refractivity contribution in [3.63, 3.8) is 0 Å². The number of likely N-dealkylation sites (N-methyl/N-ethyl adjacent to an activating group) is 1. The molecule has 502 valence electrons. The van der Waals surface area contributed by atoms with Gasteiger partial charge in [0.15, 0.2) is 16.0 Å². The summed E-state index contributed by atoms with van der Waals surface area (Å²) < 4.78 is 59.7. The molecular formula is C67H108FIN8O12. The number of Topliss-reactive ketones (excluding diaryl/α,β-unsaturated/α-hetero) is 1. The van der Waals surface area contributed by atoms with Crippen LogP contribution < -0.4 is 5.73 Å². The number of aryl methyl sites for hydroxylation is 1. The van der Waals surface area contributed by atoms with Crippen LogP contribution in [0.3, 0.4) is 0 Å². The minimum Gasteiger partial charge on any atom is -0.447 e. The zero-order valence-corrected chi connectivity index (χ0v) is 58.2. The van der Waals surface area contributed by atoms with E-state index in [2.05, 4.69) is 25.1 Å². The van der Waals surface area contributed by atoms with Crippen molar-refractivity contribution in [1.82, 2.24) is 24.7 Å². The number of hydrogen-bond donors (Lipinski definition) is 3. The van der Waals surface area contributed by atoms with Crippen LogP contribution >= 0.6 is 22.6 Å². The number of nitrogens with zero attached hydrogens (tertiary/aromatic N) is 7. The standard InChI is InChI=1S/C67H108FIN8O12/c1-39(2)59(80)65(10,84-15)33-40(3)54-44(7)60(66(11,85-16)34-41(4)55(78)46(9)58-67(12,63(69)88-61(81)45(54)8)89-64(82)76(58)37-50(70)26-31-75-28-18-17-19-29-75)87-62-56(79)52(32-43(6)86-62)74(13)30-27-51-38-77(73-72-51)53(35-68)57(83-14)48-24-22-47(23-25-48)49-21-20-42(5)71-36-49/h20-25,36,39-41,43-46,50-54,56-60,62-63,79-80H,17-19,26-35,37-38,70H2,1-16H3/t40-,41-,43-,44+,45-,46+,50-,51?,52+,53-,54?,56-,57-,58-,59+,60-,62+,63+,65-,66-,67+/m1/s1. The SMILES string of the molecule is CO[C@H](c1ccc(-c2ccc(C)nc2)cc1)[C@@H](CF)N1CC(CCN(C)[C@H]2C[C@@H](C)O[C@@H](O[C@@H]3[C@@H](C)C([C@H](C)C[C@@](C)(OC)[C@@H](O)C(C)C)[C@@H](C)C(=O)O[C@H](I)[C@@]4(C)OC(=O)N(C[C@H](N)CCN5CCCCC5)[C@@H]4[C@@H](C)C(=O)[C@H](C)C[C@@]3(C)OC)[C@@H]2O)N=N1. The maximum Gasteiger partial charge on any atom is 0.411 e. The van der Waals surface area contributed by atoms with Gasteiger partial charge in [0.1, 0.15) is 30.7 Å². The molecule has 6 heterocycles. The van der Waals surface area contributed by atoms with E-state index in [1.54, 1.807) is 38.2 Å². The molecule has 1 aromatic heterocycles. The molecule has 0 radical (unpaired) electrons. The number of fused-ring (bicyclic) bond motifs is 1. The van der Waals surface area contributed by atoms with Crippen LogP contribution in [-0.2, 0) is 42.7 Å². The molecule has 4 N–H and O–H groups in total. The normalized spacial score (nSPS) is 34.4. The Labute approximate surface area is 543 Å². The minimum absolute atomic E-state index is 0.138. The highest BCUT2D eigenvalue weighted by molar-refractivity contribution is 14.1. The third kappa shape index (κ3) is 16.9. The number of aromatic nitrogens is 1. The number of methoxy groups -OCH3 is 3. The summed E-state index contributed by atoms with van der Waals surface area (Å²) in [6, 6.07) is 9.16. The van der Waals surface area contributed by atoms with Crippen molar-refractivity contribution in [2.24, 2.45) is 57.5 Å². The first kappa shape index (κ1) is 72.9. The predicted molar refractivity (Wildman–Crippen MR) is 348 cm³/mol. The van der Waals surface area contributed by atoms with Gasteiger partial charge >= 0.3 is 12.1 Å². The van der Waals surface area contributed by atoms with Crippen molar-refractivity contribution in [3.05, 3.63) is 53.9 Å². The Kier molecular flexibility index (Phi) is 25.9. The summed E-state index contributed by atoms with van der Waals surface area (Å²) in [6.07, 6.45) is 1.66. The van der Waals surface area contributed by atoms with Crippen molar-refractivity contribution < 1.29 is 62.1 Å². The number of carbonyl (C=O) groups excluding carboxylic acids is 3. The van der Waals surface area contributed by atoms with E-state index >= 15 is 14.0 Å². The number of aliphatic hydroxyl groups is 2. The maximum atomic E-state index is 15.4. The van der Waals surface area contributed by atoms with Crippen LogP contribution in [0.15, 0.2) is 52.9 Å². The van der Waals surface area contributed by atoms with Crippen LogP contribution in [0.2, 0.25) is 0 Å². The minimum atomic E-state index is -1.46. The van der Waals surface area contributed by atoms with Gasteiger partial charge in [-0.25, -0.2) is 9.18 Å². The van der Waals surface area contributed by atoms with E-state index in [-0.39, 0.29) is 42.7 Å². The summed E-state index contributed by atoms with van der Waals surface area (Å²) in [5.41, 5.74) is 6.81. The molecule has 0 saturated carbocycles. The molecule has 4 saturated heterocycles. The number of ketones is 1. The highest BCUT2D eigenvalue weighted by Crippen LogP contribution is 2.48. The fourth-order valence-corrected chi connectivity index (χ4v) is 16.3. The smallest absolute Gasteiger partial charge is 0.411 e. The van der Waals surface area contributed by atoms with Gasteiger partial charge < -0.3 is 58.9 Å². The van der Waals surface area contributed by atoms with Crippen molar-refractivity contribution >= 4 is 40.4 Å². The van der Waals surface area contributed by atoms with E-state index in [0.29, 0.717) is 38.8 Å². The van der Waals surface area contributed by atoms with Crippen LogP contribution in [0, 0.1) is 48.3 Å². The summed E-state index contributed by atoms with van der Waals surface area (Å²) in [7, 11) is 6.70. The van der Waals surface area contributed by atoms with Gasteiger partial charge in [-0.05, 0) is 170 Å². The average molecular weight is 1360 g/mol. The molecule has 0 aliphatic carbocycles. The number of halogens is 2. The van der Waals surface area contributed by atoms with Gasteiger partial charge in [0.2, 0.25) is 0 Å². The van der Waals surface area contributed by atoms with Crippen LogP contribution in [-0.4, -0.2) is 209 Å². The Morgan fingerprint density at radius 2 is 1.65 bits per heavy atom. The molecule has 2 unspecified atom stereocenters. The molecule has 5 aliphatic rings. The number of alkyl halides is 2. The van der Waals surface area contributed by atoms with Crippen molar-refractivity contribution in [1.29, 1.82) is 0 Å². The number of carbonyl (C=O) groups is 3. The van der Waals surface area contributed by atoms with Crippen LogP contribution in [0.4, 0.5) is 9.18 Å². The lowest BCUT2D eigenvalue weighted by molar-refractivity contribution is -0.301. The summed E-state index contributed by atoms with van der Waals surface area (Å²) in [4.78, 5) is 55.4. The molecule has 7 rings (SSSR count). The lowest BCUT2D eigenvalue weighted by Gasteiger charge is -2.50. The number of likely N-dealkylation sites (tertiary alicyclic amines) is 1. The van der Waals surface area contributed by atoms with Crippen LogP contribution in [0.1, 0.15) is 145 Å². The number of piperidine rings is 1. The van der Waals surface area contributed by atoms with E-state index < -0.39 is 124 Å². The quantitative estimate of drug-likeness (QED) is 0.0504. The number of hydrogen-bond acceptors (Lipinski definition) is 19. The summed E-state index contributed by atoms with van der Waals surface area (Å²) >= 11 is 2.04. The van der Waals surface area contributed by atoms with E-state index in [1.165, 1.54) is 6.42 Å². The Morgan fingerprint density at radius 1 is 0.978 bits per heavy atom. The topological polar surface area (TPSA) is 233 Å².